The minimum Gasteiger partial charge on any atom is -0.0885 e. The Morgan fingerprint density at radius 3 is 2.50 bits per heavy atom. The first-order chi connectivity index (χ1) is 6.00. The lowest BCUT2D eigenvalue weighted by atomic mass is 10.1. The molecule has 0 heterocycles. The molecule has 0 fully saturated rings. The Balaban J connectivity index is 2.31. The Labute approximate surface area is 75.7 Å². The SMILES string of the molecule is [C]1=CCCCCC=CCCC=C1. The molecule has 0 N–H and O–H groups in total. The van der Waals surface area contributed by atoms with Gasteiger partial charge >= 0.3 is 0 Å². The zero-order valence-corrected chi connectivity index (χ0v) is 7.63. The van der Waals surface area contributed by atoms with Crippen LogP contribution in [0.4, 0.5) is 0 Å². The van der Waals surface area contributed by atoms with E-state index in [1.54, 1.807) is 0 Å². The quantitative estimate of drug-likeness (QED) is 0.474. The first-order valence-corrected chi connectivity index (χ1v) is 4.88. The van der Waals surface area contributed by atoms with Crippen molar-refractivity contribution in [3.05, 3.63) is 36.5 Å². The zero-order chi connectivity index (χ0) is 8.49. The van der Waals surface area contributed by atoms with E-state index in [4.69, 9.17) is 0 Å². The summed E-state index contributed by atoms with van der Waals surface area (Å²) in [5, 5.41) is 0. The van der Waals surface area contributed by atoms with Crippen LogP contribution in [0.3, 0.4) is 0 Å². The molecule has 12 heavy (non-hydrogen) atoms. The standard InChI is InChI=1S/C12H17/c1-2-4-6-8-10-12-11-9-7-5-3-1/h1-2,7,9,12H,3-6,8,10H2. The largest absolute Gasteiger partial charge is 0.0885 e. The van der Waals surface area contributed by atoms with Crippen molar-refractivity contribution in [3.8, 4) is 0 Å². The Bertz CT molecular complexity index is 172. The van der Waals surface area contributed by atoms with Gasteiger partial charge < -0.3 is 0 Å². The van der Waals surface area contributed by atoms with Crippen molar-refractivity contribution >= 4 is 0 Å². The Morgan fingerprint density at radius 2 is 1.50 bits per heavy atom. The molecule has 0 heteroatoms. The molecule has 1 aliphatic carbocycles. The highest BCUT2D eigenvalue weighted by Crippen LogP contribution is 2.04. The molecule has 0 aromatic carbocycles. The summed E-state index contributed by atoms with van der Waals surface area (Å²) in [5.41, 5.74) is 0. The smallest absolute Gasteiger partial charge is 0.0230 e. The number of hydrogen-bond acceptors (Lipinski definition) is 0. The highest BCUT2D eigenvalue weighted by molar-refractivity contribution is 4.97. The van der Waals surface area contributed by atoms with Crippen LogP contribution in [0.5, 0.6) is 0 Å². The summed E-state index contributed by atoms with van der Waals surface area (Å²) in [4.78, 5) is 0. The van der Waals surface area contributed by atoms with Crippen LogP contribution < -0.4 is 0 Å². The van der Waals surface area contributed by atoms with Crippen molar-refractivity contribution in [2.24, 2.45) is 0 Å². The van der Waals surface area contributed by atoms with Crippen LogP contribution in [-0.4, -0.2) is 0 Å². The van der Waals surface area contributed by atoms with Gasteiger partial charge in [-0.25, -0.2) is 0 Å². The molecule has 0 spiro atoms. The maximum atomic E-state index is 3.17. The van der Waals surface area contributed by atoms with Gasteiger partial charge in [0.2, 0.25) is 0 Å². The second-order valence-electron chi connectivity index (χ2n) is 3.11. The summed E-state index contributed by atoms with van der Waals surface area (Å²) in [6.07, 6.45) is 21.5. The van der Waals surface area contributed by atoms with E-state index in [9.17, 15) is 0 Å². The van der Waals surface area contributed by atoms with E-state index in [-0.39, 0.29) is 0 Å². The molecule has 0 saturated carbocycles. The molecular formula is C12H17. The van der Waals surface area contributed by atoms with Gasteiger partial charge in [-0.3, -0.25) is 0 Å². The molecule has 0 unspecified atom stereocenters. The molecule has 1 rings (SSSR count). The Kier molecular flexibility index (Phi) is 5.35. The average molecular weight is 161 g/mol. The molecule has 1 aliphatic rings. The van der Waals surface area contributed by atoms with Crippen molar-refractivity contribution in [1.82, 2.24) is 0 Å². The average Bonchev–Trinajstić information content (AvgIpc) is 2.05. The maximum absolute atomic E-state index is 3.17. The van der Waals surface area contributed by atoms with Crippen LogP contribution in [0.2, 0.25) is 0 Å². The minimum absolute atomic E-state index is 1.15. The highest BCUT2D eigenvalue weighted by Gasteiger charge is 1.84. The fourth-order valence-electron chi connectivity index (χ4n) is 1.24. The van der Waals surface area contributed by atoms with Gasteiger partial charge in [-0.15, -0.1) is 0 Å². The lowest BCUT2D eigenvalue weighted by Crippen LogP contribution is -1.74. The predicted octanol–water partition coefficient (Wildman–Crippen LogP) is 3.81. The van der Waals surface area contributed by atoms with Crippen LogP contribution in [0.15, 0.2) is 30.4 Å². The summed E-state index contributed by atoms with van der Waals surface area (Å²) in [6, 6.07) is 0. The van der Waals surface area contributed by atoms with Crippen molar-refractivity contribution in [2.75, 3.05) is 0 Å². The van der Waals surface area contributed by atoms with Gasteiger partial charge in [-0.05, 0) is 44.6 Å². The van der Waals surface area contributed by atoms with Crippen molar-refractivity contribution in [2.45, 2.75) is 38.5 Å². The molecule has 1 radical (unpaired) electrons. The minimum atomic E-state index is 1.15. The summed E-state index contributed by atoms with van der Waals surface area (Å²) in [6.45, 7) is 0. The summed E-state index contributed by atoms with van der Waals surface area (Å²) < 4.78 is 0. The van der Waals surface area contributed by atoms with Crippen LogP contribution in [0.25, 0.3) is 0 Å². The van der Waals surface area contributed by atoms with Crippen LogP contribution >= 0.6 is 0 Å². The van der Waals surface area contributed by atoms with E-state index in [0.29, 0.717) is 0 Å². The monoisotopic (exact) mass is 161 g/mol. The first-order valence-electron chi connectivity index (χ1n) is 4.88. The lowest BCUT2D eigenvalue weighted by Gasteiger charge is -1.93. The zero-order valence-electron chi connectivity index (χ0n) is 7.63. The fraction of sp³-hybridized carbons (Fsp3) is 0.500. The van der Waals surface area contributed by atoms with Gasteiger partial charge in [-0.2, -0.15) is 0 Å². The third-order valence-electron chi connectivity index (χ3n) is 1.97. The summed E-state index contributed by atoms with van der Waals surface area (Å²) in [5.74, 6) is 0. The van der Waals surface area contributed by atoms with E-state index < -0.39 is 0 Å². The molecular weight excluding hydrogens is 144 g/mol. The lowest BCUT2D eigenvalue weighted by molar-refractivity contribution is 0.759. The molecule has 0 aromatic rings. The van der Waals surface area contributed by atoms with Crippen LogP contribution in [0.1, 0.15) is 38.5 Å². The topological polar surface area (TPSA) is 0 Å². The van der Waals surface area contributed by atoms with Crippen molar-refractivity contribution < 1.29 is 0 Å². The molecule has 0 nitrogen and oxygen atoms in total. The van der Waals surface area contributed by atoms with Crippen LogP contribution in [0, 0.1) is 6.08 Å². The van der Waals surface area contributed by atoms with Crippen molar-refractivity contribution in [3.63, 3.8) is 0 Å². The van der Waals surface area contributed by atoms with Crippen molar-refractivity contribution in [1.29, 1.82) is 0 Å². The Hall–Kier alpha value is -0.780. The fourth-order valence-corrected chi connectivity index (χ4v) is 1.24. The molecule has 0 bridgehead atoms. The molecule has 0 aromatic heterocycles. The number of rotatable bonds is 0. The molecule has 0 aliphatic heterocycles. The van der Waals surface area contributed by atoms with Gasteiger partial charge in [0, 0.05) is 0 Å². The van der Waals surface area contributed by atoms with Gasteiger partial charge in [-0.1, -0.05) is 30.4 Å². The summed E-state index contributed by atoms with van der Waals surface area (Å²) >= 11 is 0. The normalized spacial score (nSPS) is 20.0. The first kappa shape index (κ1) is 9.31. The van der Waals surface area contributed by atoms with E-state index in [1.165, 1.54) is 32.1 Å². The Morgan fingerprint density at radius 1 is 0.750 bits per heavy atom. The van der Waals surface area contributed by atoms with Gasteiger partial charge in [0.05, 0.1) is 0 Å². The van der Waals surface area contributed by atoms with E-state index in [1.807, 2.05) is 6.08 Å². The van der Waals surface area contributed by atoms with Gasteiger partial charge in [0.25, 0.3) is 0 Å². The van der Waals surface area contributed by atoms with Crippen LogP contribution in [-0.2, 0) is 0 Å². The van der Waals surface area contributed by atoms with Gasteiger partial charge in [0.1, 0.15) is 0 Å². The van der Waals surface area contributed by atoms with E-state index >= 15 is 0 Å². The van der Waals surface area contributed by atoms with E-state index in [2.05, 4.69) is 30.4 Å². The maximum Gasteiger partial charge on any atom is -0.0230 e. The predicted molar refractivity (Wildman–Crippen MR) is 53.8 cm³/mol. The third-order valence-corrected chi connectivity index (χ3v) is 1.97. The molecule has 0 saturated heterocycles. The highest BCUT2D eigenvalue weighted by atomic mass is 13.9. The van der Waals surface area contributed by atoms with E-state index in [0.717, 1.165) is 6.42 Å². The number of allylic oxidation sites excluding steroid dienone is 6. The second-order valence-corrected chi connectivity index (χ2v) is 3.11. The molecule has 65 valence electrons. The second kappa shape index (κ2) is 6.90. The number of hydrogen-bond donors (Lipinski definition) is 0. The summed E-state index contributed by atoms with van der Waals surface area (Å²) in [7, 11) is 0. The molecule has 0 atom stereocenters. The third kappa shape index (κ3) is 4.95. The molecule has 0 amide bonds. The van der Waals surface area contributed by atoms with Gasteiger partial charge in [0.15, 0.2) is 0 Å².